The molecule has 2 aromatic heterocycles. The van der Waals surface area contributed by atoms with E-state index in [1.807, 2.05) is 6.07 Å². The number of aromatic amines is 1. The van der Waals surface area contributed by atoms with Crippen LogP contribution in [0.15, 0.2) is 18.3 Å². The molecule has 0 unspecified atom stereocenters. The zero-order chi connectivity index (χ0) is 9.42. The molecule has 66 valence electrons. The lowest BCUT2D eigenvalue weighted by Gasteiger charge is -1.88. The summed E-state index contributed by atoms with van der Waals surface area (Å²) < 4.78 is 0.976. The molecule has 0 saturated heterocycles. The highest BCUT2D eigenvalue weighted by atomic mass is 127. The fourth-order valence-electron chi connectivity index (χ4n) is 1.10. The van der Waals surface area contributed by atoms with Gasteiger partial charge in [-0.25, -0.2) is 4.79 Å². The summed E-state index contributed by atoms with van der Waals surface area (Å²) in [6, 6.07) is 3.38. The minimum atomic E-state index is -0.965. The van der Waals surface area contributed by atoms with Gasteiger partial charge in [-0.15, -0.1) is 0 Å². The third-order valence-electron chi connectivity index (χ3n) is 1.67. The number of nitrogens with one attached hydrogen (secondary N) is 1. The minimum Gasteiger partial charge on any atom is -0.477 e. The number of carbonyl (C=O) groups is 1. The molecule has 2 N–H and O–H groups in total. The lowest BCUT2D eigenvalue weighted by atomic mass is 10.4. The van der Waals surface area contributed by atoms with Crippen molar-refractivity contribution in [3.05, 3.63) is 27.6 Å². The van der Waals surface area contributed by atoms with Crippen LogP contribution in [-0.2, 0) is 0 Å². The molecule has 0 spiro atoms. The van der Waals surface area contributed by atoms with Crippen LogP contribution in [0, 0.1) is 3.57 Å². The van der Waals surface area contributed by atoms with Gasteiger partial charge in [-0.3, -0.25) is 4.98 Å². The van der Waals surface area contributed by atoms with Crippen molar-refractivity contribution in [2.24, 2.45) is 0 Å². The average Bonchev–Trinajstić information content (AvgIpc) is 2.46. The summed E-state index contributed by atoms with van der Waals surface area (Å²) in [6.45, 7) is 0. The highest BCUT2D eigenvalue weighted by Gasteiger charge is 2.07. The van der Waals surface area contributed by atoms with E-state index in [1.54, 1.807) is 6.20 Å². The van der Waals surface area contributed by atoms with Gasteiger partial charge in [0.2, 0.25) is 0 Å². The van der Waals surface area contributed by atoms with E-state index in [4.69, 9.17) is 5.11 Å². The minimum absolute atomic E-state index is 0.171. The number of aromatic carboxylic acids is 1. The predicted octanol–water partition coefficient (Wildman–Crippen LogP) is 1.87. The van der Waals surface area contributed by atoms with Gasteiger partial charge in [-0.1, -0.05) is 0 Å². The maximum Gasteiger partial charge on any atom is 0.352 e. The zero-order valence-corrected chi connectivity index (χ0v) is 8.57. The Kier molecular flexibility index (Phi) is 1.95. The van der Waals surface area contributed by atoms with Crippen molar-refractivity contribution in [1.82, 2.24) is 9.97 Å². The molecule has 5 heteroatoms. The summed E-state index contributed by atoms with van der Waals surface area (Å²) >= 11 is 2.12. The van der Waals surface area contributed by atoms with Gasteiger partial charge in [0.05, 0.1) is 11.0 Å². The number of hydrogen-bond acceptors (Lipinski definition) is 2. The molecule has 0 aliphatic rings. The second-order valence-electron chi connectivity index (χ2n) is 2.57. The molecule has 0 saturated carbocycles. The first-order valence-corrected chi connectivity index (χ1v) is 4.62. The predicted molar refractivity (Wildman–Crippen MR) is 55.8 cm³/mol. The van der Waals surface area contributed by atoms with E-state index in [1.165, 1.54) is 6.07 Å². The maximum absolute atomic E-state index is 10.6. The number of hydrogen-bond donors (Lipinski definition) is 2. The van der Waals surface area contributed by atoms with E-state index >= 15 is 0 Å². The highest BCUT2D eigenvalue weighted by Crippen LogP contribution is 2.15. The van der Waals surface area contributed by atoms with Crippen molar-refractivity contribution in [2.75, 3.05) is 0 Å². The fourth-order valence-corrected chi connectivity index (χ4v) is 1.55. The number of carboxylic acid groups (broad SMARTS) is 1. The molecule has 0 radical (unpaired) electrons. The average molecular weight is 288 g/mol. The molecule has 2 heterocycles. The van der Waals surface area contributed by atoms with Crippen LogP contribution in [0.5, 0.6) is 0 Å². The maximum atomic E-state index is 10.6. The Morgan fingerprint density at radius 1 is 1.54 bits per heavy atom. The number of halogens is 1. The van der Waals surface area contributed by atoms with Crippen LogP contribution in [0.1, 0.15) is 10.5 Å². The number of rotatable bonds is 1. The first-order valence-electron chi connectivity index (χ1n) is 3.54. The summed E-state index contributed by atoms with van der Waals surface area (Å²) in [4.78, 5) is 17.4. The van der Waals surface area contributed by atoms with Crippen LogP contribution < -0.4 is 0 Å². The molecule has 0 bridgehead atoms. The van der Waals surface area contributed by atoms with Crippen LogP contribution in [0.4, 0.5) is 0 Å². The standard InChI is InChI=1S/C8H5IN2O2/c9-4-1-6-5(10-3-4)2-7(11-6)8(12)13/h1-3,11H,(H,12,13). The van der Waals surface area contributed by atoms with E-state index in [9.17, 15) is 4.79 Å². The van der Waals surface area contributed by atoms with Crippen molar-refractivity contribution in [3.63, 3.8) is 0 Å². The first-order chi connectivity index (χ1) is 6.16. The van der Waals surface area contributed by atoms with Gasteiger partial charge in [-0.2, -0.15) is 0 Å². The van der Waals surface area contributed by atoms with Gasteiger partial charge in [-0.05, 0) is 34.7 Å². The van der Waals surface area contributed by atoms with E-state index in [0.29, 0.717) is 5.52 Å². The van der Waals surface area contributed by atoms with Gasteiger partial charge in [0.25, 0.3) is 0 Å². The van der Waals surface area contributed by atoms with E-state index in [0.717, 1.165) is 9.09 Å². The Balaban J connectivity index is 2.68. The molecular formula is C8H5IN2O2. The van der Waals surface area contributed by atoms with Gasteiger partial charge < -0.3 is 10.1 Å². The molecule has 0 amide bonds. The molecule has 4 nitrogen and oxygen atoms in total. The molecule has 0 aliphatic heterocycles. The Labute approximate surface area is 87.1 Å². The zero-order valence-electron chi connectivity index (χ0n) is 6.41. The Morgan fingerprint density at radius 2 is 2.31 bits per heavy atom. The quantitative estimate of drug-likeness (QED) is 0.787. The Bertz CT molecular complexity index is 478. The second-order valence-corrected chi connectivity index (χ2v) is 3.82. The number of H-pyrrole nitrogens is 1. The van der Waals surface area contributed by atoms with Crippen LogP contribution in [0.3, 0.4) is 0 Å². The normalized spacial score (nSPS) is 10.5. The van der Waals surface area contributed by atoms with Crippen molar-refractivity contribution >= 4 is 39.6 Å². The number of aromatic nitrogens is 2. The van der Waals surface area contributed by atoms with Crippen LogP contribution in [-0.4, -0.2) is 21.0 Å². The van der Waals surface area contributed by atoms with Crippen molar-refractivity contribution in [3.8, 4) is 0 Å². The highest BCUT2D eigenvalue weighted by molar-refractivity contribution is 14.1. The molecule has 0 aliphatic carbocycles. The summed E-state index contributed by atoms with van der Waals surface area (Å²) in [6.07, 6.45) is 1.70. The van der Waals surface area contributed by atoms with Gasteiger partial charge in [0.1, 0.15) is 5.69 Å². The topological polar surface area (TPSA) is 66.0 Å². The molecule has 2 aromatic rings. The summed E-state index contributed by atoms with van der Waals surface area (Å²) in [5, 5.41) is 8.69. The van der Waals surface area contributed by atoms with Crippen molar-refractivity contribution in [1.29, 1.82) is 0 Å². The number of pyridine rings is 1. The molecular weight excluding hydrogens is 283 g/mol. The molecule has 0 fully saturated rings. The molecule has 0 atom stereocenters. The second kappa shape index (κ2) is 2.99. The number of nitrogens with zero attached hydrogens (tertiary/aromatic N) is 1. The third-order valence-corrected chi connectivity index (χ3v) is 2.26. The van der Waals surface area contributed by atoms with E-state index in [2.05, 4.69) is 32.6 Å². The molecule has 0 aromatic carbocycles. The summed E-state index contributed by atoms with van der Waals surface area (Å²) in [5.41, 5.74) is 1.60. The van der Waals surface area contributed by atoms with Crippen LogP contribution in [0.25, 0.3) is 11.0 Å². The SMILES string of the molecule is O=C(O)c1cc2ncc(I)cc2[nH]1. The third kappa shape index (κ3) is 1.51. The van der Waals surface area contributed by atoms with Gasteiger partial charge >= 0.3 is 5.97 Å². The van der Waals surface area contributed by atoms with Crippen LogP contribution in [0.2, 0.25) is 0 Å². The molecule has 13 heavy (non-hydrogen) atoms. The summed E-state index contributed by atoms with van der Waals surface area (Å²) in [7, 11) is 0. The van der Waals surface area contributed by atoms with E-state index < -0.39 is 5.97 Å². The molecule has 2 rings (SSSR count). The Morgan fingerprint density at radius 3 is 3.00 bits per heavy atom. The largest absolute Gasteiger partial charge is 0.477 e. The van der Waals surface area contributed by atoms with Crippen molar-refractivity contribution in [2.45, 2.75) is 0 Å². The number of carboxylic acids is 1. The fraction of sp³-hybridized carbons (Fsp3) is 0. The van der Waals surface area contributed by atoms with Crippen molar-refractivity contribution < 1.29 is 9.90 Å². The monoisotopic (exact) mass is 288 g/mol. The van der Waals surface area contributed by atoms with Crippen LogP contribution >= 0.6 is 22.6 Å². The number of fused-ring (bicyclic) bond motifs is 1. The van der Waals surface area contributed by atoms with Gasteiger partial charge in [0.15, 0.2) is 0 Å². The lowest BCUT2D eigenvalue weighted by Crippen LogP contribution is -1.94. The summed E-state index contributed by atoms with van der Waals surface area (Å²) in [5.74, 6) is -0.965. The van der Waals surface area contributed by atoms with E-state index in [-0.39, 0.29) is 5.69 Å². The lowest BCUT2D eigenvalue weighted by molar-refractivity contribution is 0.0691. The first kappa shape index (κ1) is 8.49. The Hall–Kier alpha value is -1.11. The van der Waals surface area contributed by atoms with Gasteiger partial charge in [0, 0.05) is 9.77 Å². The smallest absolute Gasteiger partial charge is 0.352 e.